The molecule has 1 aromatic carbocycles. The Morgan fingerprint density at radius 2 is 1.64 bits per heavy atom. The highest BCUT2D eigenvalue weighted by Gasteiger charge is 2.31. The minimum Gasteiger partial charge on any atom is -0.385 e. The Bertz CT molecular complexity index is 531. The number of halogens is 2. The summed E-state index contributed by atoms with van der Waals surface area (Å²) in [6.45, 7) is 0.912. The van der Waals surface area contributed by atoms with Crippen LogP contribution in [-0.4, -0.2) is 13.7 Å². The molecule has 2 aliphatic rings. The highest BCUT2D eigenvalue weighted by molar-refractivity contribution is 6.30. The van der Waals surface area contributed by atoms with E-state index in [1.807, 2.05) is 6.07 Å². The van der Waals surface area contributed by atoms with Crippen molar-refractivity contribution in [3.05, 3.63) is 34.6 Å². The highest BCUT2D eigenvalue weighted by Crippen LogP contribution is 2.44. The van der Waals surface area contributed by atoms with Crippen LogP contribution in [-0.2, 0) is 4.74 Å². The Hall–Kier alpha value is -0.600. The van der Waals surface area contributed by atoms with Gasteiger partial charge in [-0.1, -0.05) is 30.5 Å². The molecule has 0 spiro atoms. The van der Waals surface area contributed by atoms with Crippen LogP contribution in [0, 0.1) is 23.6 Å². The van der Waals surface area contributed by atoms with Gasteiger partial charge in [-0.2, -0.15) is 0 Å². The Kier molecular flexibility index (Phi) is 7.18. The maximum Gasteiger partial charge on any atom is 0.142 e. The van der Waals surface area contributed by atoms with Crippen LogP contribution in [0.5, 0.6) is 0 Å². The normalized spacial score (nSPS) is 30.4. The summed E-state index contributed by atoms with van der Waals surface area (Å²) in [6, 6.07) is 5.38. The van der Waals surface area contributed by atoms with E-state index < -0.39 is 0 Å². The third kappa shape index (κ3) is 5.20. The Balaban J connectivity index is 1.43. The quantitative estimate of drug-likeness (QED) is 0.493. The van der Waals surface area contributed by atoms with Crippen molar-refractivity contribution in [3.8, 4) is 0 Å². The Labute approximate surface area is 157 Å². The lowest BCUT2D eigenvalue weighted by Crippen LogP contribution is -2.25. The first-order chi connectivity index (χ1) is 12.2. The molecule has 0 amide bonds. The predicted molar refractivity (Wildman–Crippen MR) is 103 cm³/mol. The molecule has 1 aromatic rings. The van der Waals surface area contributed by atoms with Crippen LogP contribution in [0.4, 0.5) is 4.39 Å². The first-order valence-electron chi connectivity index (χ1n) is 10.1. The lowest BCUT2D eigenvalue weighted by molar-refractivity contribution is 0.144. The van der Waals surface area contributed by atoms with Crippen molar-refractivity contribution < 1.29 is 9.13 Å². The van der Waals surface area contributed by atoms with Gasteiger partial charge in [-0.3, -0.25) is 0 Å². The summed E-state index contributed by atoms with van der Waals surface area (Å²) >= 11 is 5.81. The van der Waals surface area contributed by atoms with Gasteiger partial charge in [-0.25, -0.2) is 4.39 Å². The van der Waals surface area contributed by atoms with Crippen molar-refractivity contribution >= 4 is 11.6 Å². The van der Waals surface area contributed by atoms with Crippen molar-refractivity contribution in [2.24, 2.45) is 17.8 Å². The van der Waals surface area contributed by atoms with Gasteiger partial charge in [-0.15, -0.1) is 0 Å². The summed E-state index contributed by atoms with van der Waals surface area (Å²) in [6.07, 6.45) is 13.3. The number of hydrogen-bond acceptors (Lipinski definition) is 1. The average Bonchev–Trinajstić information content (AvgIpc) is 2.65. The van der Waals surface area contributed by atoms with Gasteiger partial charge in [0.2, 0.25) is 0 Å². The van der Waals surface area contributed by atoms with Crippen molar-refractivity contribution in [1.82, 2.24) is 0 Å². The van der Waals surface area contributed by atoms with Crippen molar-refractivity contribution in [2.45, 2.75) is 70.1 Å². The van der Waals surface area contributed by atoms with E-state index in [0.717, 1.165) is 29.9 Å². The van der Waals surface area contributed by atoms with Gasteiger partial charge in [0.1, 0.15) is 5.82 Å². The molecule has 2 fully saturated rings. The lowest BCUT2D eigenvalue weighted by atomic mass is 9.68. The van der Waals surface area contributed by atoms with E-state index in [1.165, 1.54) is 64.2 Å². The van der Waals surface area contributed by atoms with Crippen LogP contribution in [0.3, 0.4) is 0 Å². The van der Waals surface area contributed by atoms with Crippen LogP contribution in [0.1, 0.15) is 75.7 Å². The van der Waals surface area contributed by atoms with E-state index in [-0.39, 0.29) is 10.8 Å². The SMILES string of the molecule is COCCCC1CCC(C2CCC(c3ccc(Cl)c(F)c3)CC2)CC1. The molecule has 2 aliphatic carbocycles. The van der Waals surface area contributed by atoms with Gasteiger partial charge in [0.25, 0.3) is 0 Å². The first kappa shape index (κ1) is 19.2. The van der Waals surface area contributed by atoms with Gasteiger partial charge >= 0.3 is 0 Å². The van der Waals surface area contributed by atoms with E-state index in [9.17, 15) is 4.39 Å². The molecular weight excluding hydrogens is 335 g/mol. The summed E-state index contributed by atoms with van der Waals surface area (Å²) in [5, 5.41) is 0.236. The maximum absolute atomic E-state index is 13.7. The number of benzene rings is 1. The fraction of sp³-hybridized carbons (Fsp3) is 0.727. The second kappa shape index (κ2) is 9.37. The number of ether oxygens (including phenoxy) is 1. The first-order valence-corrected chi connectivity index (χ1v) is 10.5. The smallest absolute Gasteiger partial charge is 0.142 e. The fourth-order valence-corrected chi connectivity index (χ4v) is 5.27. The van der Waals surface area contributed by atoms with Crippen LogP contribution >= 0.6 is 11.6 Å². The van der Waals surface area contributed by atoms with Crippen molar-refractivity contribution in [3.63, 3.8) is 0 Å². The highest BCUT2D eigenvalue weighted by atomic mass is 35.5. The molecule has 0 N–H and O–H groups in total. The van der Waals surface area contributed by atoms with E-state index in [4.69, 9.17) is 16.3 Å². The third-order valence-electron chi connectivity index (χ3n) is 6.71. The van der Waals surface area contributed by atoms with Gasteiger partial charge in [0.15, 0.2) is 0 Å². The Morgan fingerprint density at radius 1 is 1.00 bits per heavy atom. The number of hydrogen-bond donors (Lipinski definition) is 0. The summed E-state index contributed by atoms with van der Waals surface area (Å²) in [5.41, 5.74) is 1.14. The molecule has 1 nitrogen and oxygen atoms in total. The van der Waals surface area contributed by atoms with Crippen LogP contribution in [0.15, 0.2) is 18.2 Å². The van der Waals surface area contributed by atoms with Gasteiger partial charge in [0.05, 0.1) is 5.02 Å². The van der Waals surface area contributed by atoms with Crippen LogP contribution in [0.2, 0.25) is 5.02 Å². The van der Waals surface area contributed by atoms with Gasteiger partial charge in [-0.05, 0) is 92.7 Å². The molecule has 2 saturated carbocycles. The molecule has 140 valence electrons. The number of methoxy groups -OCH3 is 1. The molecule has 0 aliphatic heterocycles. The lowest BCUT2D eigenvalue weighted by Gasteiger charge is -2.38. The van der Waals surface area contributed by atoms with Crippen molar-refractivity contribution in [2.75, 3.05) is 13.7 Å². The largest absolute Gasteiger partial charge is 0.385 e. The van der Waals surface area contributed by atoms with E-state index in [1.54, 1.807) is 19.2 Å². The molecule has 0 bridgehead atoms. The predicted octanol–water partition coefficient (Wildman–Crippen LogP) is 6.99. The van der Waals surface area contributed by atoms with Crippen LogP contribution in [0.25, 0.3) is 0 Å². The molecule has 0 atom stereocenters. The molecule has 0 heterocycles. The molecule has 0 unspecified atom stereocenters. The zero-order chi connectivity index (χ0) is 17.6. The molecule has 3 rings (SSSR count). The van der Waals surface area contributed by atoms with Gasteiger partial charge < -0.3 is 4.74 Å². The minimum atomic E-state index is -0.270. The second-order valence-corrected chi connectivity index (χ2v) is 8.61. The fourth-order valence-electron chi connectivity index (χ4n) is 5.15. The standard InChI is InChI=1S/C22H32ClFO/c1-25-14-2-3-16-4-6-17(7-5-16)18-8-10-19(11-9-18)20-12-13-21(23)22(24)15-20/h12-13,15-19H,2-11,14H2,1H3. The van der Waals surface area contributed by atoms with Gasteiger partial charge in [0, 0.05) is 13.7 Å². The summed E-state index contributed by atoms with van der Waals surface area (Å²) in [4.78, 5) is 0. The maximum atomic E-state index is 13.7. The molecule has 25 heavy (non-hydrogen) atoms. The number of rotatable bonds is 6. The molecular formula is C22H32ClFO. The topological polar surface area (TPSA) is 9.23 Å². The molecule has 0 saturated heterocycles. The van der Waals surface area contributed by atoms with Crippen LogP contribution < -0.4 is 0 Å². The van der Waals surface area contributed by atoms with E-state index >= 15 is 0 Å². The second-order valence-electron chi connectivity index (χ2n) is 8.20. The summed E-state index contributed by atoms with van der Waals surface area (Å²) in [5.74, 6) is 3.01. The molecule has 3 heteroatoms. The Morgan fingerprint density at radius 3 is 2.24 bits per heavy atom. The summed E-state index contributed by atoms with van der Waals surface area (Å²) in [7, 11) is 1.80. The average molecular weight is 367 g/mol. The van der Waals surface area contributed by atoms with Crippen molar-refractivity contribution in [1.29, 1.82) is 0 Å². The zero-order valence-corrected chi connectivity index (χ0v) is 16.2. The minimum absolute atomic E-state index is 0.236. The third-order valence-corrected chi connectivity index (χ3v) is 7.01. The summed E-state index contributed by atoms with van der Waals surface area (Å²) < 4.78 is 18.9. The zero-order valence-electron chi connectivity index (χ0n) is 15.5. The van der Waals surface area contributed by atoms with E-state index in [0.29, 0.717) is 5.92 Å². The monoisotopic (exact) mass is 366 g/mol. The molecule has 0 radical (unpaired) electrons. The van der Waals surface area contributed by atoms with E-state index in [2.05, 4.69) is 0 Å². The molecule has 0 aromatic heterocycles.